The Balaban J connectivity index is 2.19. The average molecular weight is 378 g/mol. The van der Waals surface area contributed by atoms with Gasteiger partial charge in [-0.15, -0.1) is 0 Å². The van der Waals surface area contributed by atoms with Crippen LogP contribution in [0.5, 0.6) is 5.75 Å². The van der Waals surface area contributed by atoms with Crippen LogP contribution >= 0.6 is 27.5 Å². The lowest BCUT2D eigenvalue weighted by atomic mass is 10.1. The molecule has 0 radical (unpaired) electrons. The van der Waals surface area contributed by atoms with Gasteiger partial charge in [0, 0.05) is 0 Å². The van der Waals surface area contributed by atoms with Gasteiger partial charge in [-0.2, -0.15) is 0 Å². The van der Waals surface area contributed by atoms with Crippen molar-refractivity contribution in [2.75, 3.05) is 0 Å². The first-order valence-electron chi connectivity index (χ1n) is 6.13. The Hall–Kier alpha value is -1.17. The zero-order valence-electron chi connectivity index (χ0n) is 11.0. The summed E-state index contributed by atoms with van der Waals surface area (Å²) >= 11 is 9.01. The molecule has 0 bridgehead atoms. The van der Waals surface area contributed by atoms with Crippen molar-refractivity contribution in [2.24, 2.45) is 0 Å². The van der Waals surface area contributed by atoms with Crippen LogP contribution in [-0.2, 0) is 6.61 Å². The van der Waals surface area contributed by atoms with E-state index in [4.69, 9.17) is 16.3 Å². The fraction of sp³-hybridized carbons (Fsp3) is 0.200. The molecular formula is C15H12BrClF2O2. The molecule has 6 heteroatoms. The van der Waals surface area contributed by atoms with Gasteiger partial charge in [0.05, 0.1) is 21.2 Å². The third kappa shape index (κ3) is 3.73. The summed E-state index contributed by atoms with van der Waals surface area (Å²) in [5, 5.41) is 9.71. The molecule has 0 aliphatic carbocycles. The second-order valence-corrected chi connectivity index (χ2v) is 5.74. The second-order valence-electron chi connectivity index (χ2n) is 4.48. The molecule has 0 fully saturated rings. The number of hydrogen-bond acceptors (Lipinski definition) is 2. The van der Waals surface area contributed by atoms with Crippen molar-refractivity contribution in [3.63, 3.8) is 0 Å². The summed E-state index contributed by atoms with van der Waals surface area (Å²) in [5.41, 5.74) is 0.451. The Morgan fingerprint density at radius 3 is 2.62 bits per heavy atom. The Kier molecular flexibility index (Phi) is 5.19. The van der Waals surface area contributed by atoms with Gasteiger partial charge in [0.25, 0.3) is 0 Å². The SMILES string of the molecule is CC(O)c1ccc(OCc2c(F)ccc(Br)c2F)c(Cl)c1. The van der Waals surface area contributed by atoms with Gasteiger partial charge in [-0.3, -0.25) is 0 Å². The summed E-state index contributed by atoms with van der Waals surface area (Å²) in [6.07, 6.45) is -0.656. The number of aliphatic hydroxyl groups excluding tert-OH is 1. The first kappa shape index (κ1) is 16.2. The van der Waals surface area contributed by atoms with Crippen LogP contribution in [0, 0.1) is 11.6 Å². The zero-order chi connectivity index (χ0) is 15.6. The lowest BCUT2D eigenvalue weighted by Gasteiger charge is -2.12. The third-order valence-electron chi connectivity index (χ3n) is 2.95. The maximum atomic E-state index is 13.8. The molecule has 2 aromatic rings. The standard InChI is InChI=1S/C15H12BrClF2O2/c1-8(20)9-2-5-14(12(17)6-9)21-7-10-13(18)4-3-11(16)15(10)19/h2-6,8,20H,7H2,1H3. The molecule has 0 saturated heterocycles. The van der Waals surface area contributed by atoms with E-state index in [1.165, 1.54) is 6.07 Å². The molecule has 0 aromatic heterocycles. The summed E-state index contributed by atoms with van der Waals surface area (Å²) in [6.45, 7) is 1.32. The van der Waals surface area contributed by atoms with Crippen molar-refractivity contribution in [3.8, 4) is 5.75 Å². The molecular weight excluding hydrogens is 366 g/mol. The van der Waals surface area contributed by atoms with Crippen LogP contribution in [0.1, 0.15) is 24.2 Å². The number of hydrogen-bond donors (Lipinski definition) is 1. The second kappa shape index (κ2) is 6.73. The van der Waals surface area contributed by atoms with Crippen molar-refractivity contribution in [3.05, 3.63) is 62.6 Å². The van der Waals surface area contributed by atoms with E-state index in [-0.39, 0.29) is 21.7 Å². The molecule has 21 heavy (non-hydrogen) atoms. The fourth-order valence-electron chi connectivity index (χ4n) is 1.75. The smallest absolute Gasteiger partial charge is 0.146 e. The van der Waals surface area contributed by atoms with Crippen LogP contribution in [0.4, 0.5) is 8.78 Å². The van der Waals surface area contributed by atoms with E-state index in [0.29, 0.717) is 11.3 Å². The largest absolute Gasteiger partial charge is 0.487 e. The normalized spacial score (nSPS) is 12.3. The van der Waals surface area contributed by atoms with Gasteiger partial charge in [0.1, 0.15) is 24.0 Å². The van der Waals surface area contributed by atoms with Crippen LogP contribution in [0.3, 0.4) is 0 Å². The summed E-state index contributed by atoms with van der Waals surface area (Å²) in [6, 6.07) is 7.19. The molecule has 0 aliphatic rings. The molecule has 0 saturated carbocycles. The number of rotatable bonds is 4. The summed E-state index contributed by atoms with van der Waals surface area (Å²) in [4.78, 5) is 0. The Morgan fingerprint density at radius 1 is 1.29 bits per heavy atom. The van der Waals surface area contributed by atoms with Gasteiger partial charge in [-0.05, 0) is 52.7 Å². The van der Waals surface area contributed by atoms with E-state index in [1.807, 2.05) is 0 Å². The van der Waals surface area contributed by atoms with Crippen molar-refractivity contribution < 1.29 is 18.6 Å². The van der Waals surface area contributed by atoms with Gasteiger partial charge >= 0.3 is 0 Å². The lowest BCUT2D eigenvalue weighted by Crippen LogP contribution is -2.03. The van der Waals surface area contributed by atoms with Crippen molar-refractivity contribution in [1.82, 2.24) is 0 Å². The van der Waals surface area contributed by atoms with Crippen LogP contribution in [0.25, 0.3) is 0 Å². The first-order valence-corrected chi connectivity index (χ1v) is 7.30. The number of aliphatic hydroxyl groups is 1. The van der Waals surface area contributed by atoms with Crippen LogP contribution < -0.4 is 4.74 Å². The monoisotopic (exact) mass is 376 g/mol. The summed E-state index contributed by atoms with van der Waals surface area (Å²) in [7, 11) is 0. The Morgan fingerprint density at radius 2 is 2.00 bits per heavy atom. The van der Waals surface area contributed by atoms with E-state index < -0.39 is 17.7 Å². The van der Waals surface area contributed by atoms with Crippen molar-refractivity contribution >= 4 is 27.5 Å². The summed E-state index contributed by atoms with van der Waals surface area (Å²) < 4.78 is 32.9. The van der Waals surface area contributed by atoms with E-state index in [1.54, 1.807) is 25.1 Å². The Bertz CT molecular complexity index is 662. The van der Waals surface area contributed by atoms with E-state index in [0.717, 1.165) is 6.07 Å². The van der Waals surface area contributed by atoms with Crippen LogP contribution in [-0.4, -0.2) is 5.11 Å². The van der Waals surface area contributed by atoms with Crippen LogP contribution in [0.2, 0.25) is 5.02 Å². The molecule has 112 valence electrons. The molecule has 1 N–H and O–H groups in total. The van der Waals surface area contributed by atoms with Crippen molar-refractivity contribution in [2.45, 2.75) is 19.6 Å². The van der Waals surface area contributed by atoms with Gasteiger partial charge in [-0.1, -0.05) is 17.7 Å². The first-order chi connectivity index (χ1) is 9.90. The highest BCUT2D eigenvalue weighted by Gasteiger charge is 2.14. The molecule has 1 unspecified atom stereocenters. The highest BCUT2D eigenvalue weighted by Crippen LogP contribution is 2.29. The fourth-order valence-corrected chi connectivity index (χ4v) is 2.36. The molecule has 0 spiro atoms. The molecule has 2 nitrogen and oxygen atoms in total. The van der Waals surface area contributed by atoms with Gasteiger partial charge < -0.3 is 9.84 Å². The van der Waals surface area contributed by atoms with Gasteiger partial charge in [0.2, 0.25) is 0 Å². The van der Waals surface area contributed by atoms with Gasteiger partial charge in [-0.25, -0.2) is 8.78 Å². The van der Waals surface area contributed by atoms with Gasteiger partial charge in [0.15, 0.2) is 0 Å². The molecule has 0 aliphatic heterocycles. The minimum atomic E-state index is -0.702. The van der Waals surface area contributed by atoms with E-state index in [9.17, 15) is 13.9 Å². The molecule has 2 aromatic carbocycles. The quantitative estimate of drug-likeness (QED) is 0.759. The zero-order valence-corrected chi connectivity index (χ0v) is 13.4. The average Bonchev–Trinajstić information content (AvgIpc) is 2.44. The number of benzene rings is 2. The summed E-state index contributed by atoms with van der Waals surface area (Å²) in [5.74, 6) is -1.10. The minimum Gasteiger partial charge on any atom is -0.487 e. The maximum absolute atomic E-state index is 13.8. The number of halogens is 4. The third-order valence-corrected chi connectivity index (χ3v) is 3.86. The number of ether oxygens (including phenoxy) is 1. The van der Waals surface area contributed by atoms with E-state index >= 15 is 0 Å². The predicted octanol–water partition coefficient (Wildman–Crippen LogP) is 5.01. The predicted molar refractivity (Wildman–Crippen MR) is 80.5 cm³/mol. The topological polar surface area (TPSA) is 29.5 Å². The highest BCUT2D eigenvalue weighted by molar-refractivity contribution is 9.10. The molecule has 0 amide bonds. The molecule has 0 heterocycles. The minimum absolute atomic E-state index is 0.165. The Labute approximate surface area is 134 Å². The highest BCUT2D eigenvalue weighted by atomic mass is 79.9. The maximum Gasteiger partial charge on any atom is 0.146 e. The van der Waals surface area contributed by atoms with Crippen LogP contribution in [0.15, 0.2) is 34.8 Å². The lowest BCUT2D eigenvalue weighted by molar-refractivity contribution is 0.199. The van der Waals surface area contributed by atoms with Crippen molar-refractivity contribution in [1.29, 1.82) is 0 Å². The van der Waals surface area contributed by atoms with E-state index in [2.05, 4.69) is 15.9 Å². The molecule has 1 atom stereocenters. The molecule has 2 rings (SSSR count).